The highest BCUT2D eigenvalue weighted by Gasteiger charge is 2.45. The molecule has 1 atom stereocenters. The highest BCUT2D eigenvalue weighted by atomic mass is 16.6. The number of anilines is 1. The number of hydrogen-bond acceptors (Lipinski definition) is 11. The molecule has 15 nitrogen and oxygen atoms in total. The first-order chi connectivity index (χ1) is 29.1. The van der Waals surface area contributed by atoms with Gasteiger partial charge < -0.3 is 40.0 Å². The third-order valence-corrected chi connectivity index (χ3v) is 12.4. The molecule has 3 aliphatic heterocycles. The number of aryl methyl sites for hydroxylation is 1. The van der Waals surface area contributed by atoms with Gasteiger partial charge in [-0.1, -0.05) is 39.8 Å². The molecule has 316 valence electrons. The van der Waals surface area contributed by atoms with Crippen LogP contribution in [0.15, 0.2) is 65.5 Å². The van der Waals surface area contributed by atoms with Gasteiger partial charge in [-0.25, -0.2) is 24.3 Å². The maximum atomic E-state index is 13.7. The number of piperidine rings is 1. The second-order valence-corrected chi connectivity index (χ2v) is 16.3. The third-order valence-electron chi connectivity index (χ3n) is 12.4. The molecule has 0 aliphatic carbocycles. The van der Waals surface area contributed by atoms with Gasteiger partial charge in [-0.2, -0.15) is 0 Å². The van der Waals surface area contributed by atoms with Crippen molar-refractivity contribution in [2.45, 2.75) is 84.5 Å². The van der Waals surface area contributed by atoms with Crippen LogP contribution in [0.1, 0.15) is 91.8 Å². The quantitative estimate of drug-likeness (QED) is 0.0633. The van der Waals surface area contributed by atoms with E-state index in [1.165, 1.54) is 6.07 Å². The van der Waals surface area contributed by atoms with Crippen molar-refractivity contribution >= 4 is 40.5 Å². The fraction of sp³-hybridized carbons (Fsp3) is 0.348. The van der Waals surface area contributed by atoms with Gasteiger partial charge in [0.25, 0.3) is 5.56 Å². The summed E-state index contributed by atoms with van der Waals surface area (Å²) in [6, 6.07) is 15.9. The molecule has 15 heteroatoms. The summed E-state index contributed by atoms with van der Waals surface area (Å²) in [6.07, 6.45) is 2.46. The number of amides is 3. The Hall–Kier alpha value is -6.74. The number of hydrogen-bond donors (Lipinski definition) is 5. The van der Waals surface area contributed by atoms with Gasteiger partial charge in [-0.15, -0.1) is 0 Å². The molecule has 1 unspecified atom stereocenters. The number of likely N-dealkylation sites (tertiary alicyclic amines) is 1. The molecule has 1 fully saturated rings. The molecule has 61 heavy (non-hydrogen) atoms. The van der Waals surface area contributed by atoms with Crippen LogP contribution in [0.25, 0.3) is 22.3 Å². The van der Waals surface area contributed by atoms with Gasteiger partial charge in [0.2, 0.25) is 0 Å². The van der Waals surface area contributed by atoms with Gasteiger partial charge in [0.15, 0.2) is 5.60 Å². The zero-order chi connectivity index (χ0) is 43.5. The number of pyridine rings is 2. The molecule has 6 N–H and O–H groups in total. The summed E-state index contributed by atoms with van der Waals surface area (Å²) >= 11 is 0. The first-order valence-corrected chi connectivity index (χ1v) is 20.6. The summed E-state index contributed by atoms with van der Waals surface area (Å²) in [5.41, 5.74) is 9.58. The number of carbonyl (C=O) groups excluding carboxylic acids is 3. The number of nitrogens with zero attached hydrogens (tertiary/aromatic N) is 4. The summed E-state index contributed by atoms with van der Waals surface area (Å²) in [5.74, 6) is -0.961. The van der Waals surface area contributed by atoms with Crippen molar-refractivity contribution in [1.29, 1.82) is 5.41 Å². The van der Waals surface area contributed by atoms with Crippen LogP contribution in [0.4, 0.5) is 15.3 Å². The lowest BCUT2D eigenvalue weighted by Crippen LogP contribution is -2.44. The number of aromatic nitrogens is 2. The number of cyclic esters (lactones) is 1. The predicted octanol–water partition coefficient (Wildman–Crippen LogP) is 6.54. The van der Waals surface area contributed by atoms with Crippen LogP contribution in [-0.4, -0.2) is 66.8 Å². The van der Waals surface area contributed by atoms with Gasteiger partial charge in [-0.3, -0.25) is 10.2 Å². The SMILES string of the molecule is CCc1c2c(nc3ccc(OC(=O)N4CCC(Cc5ccc(N(C(=N)c6cc(C(C)C)c(O)cc6O)C(N)=O)cc5)CC4)cc13)-c1cc3c(c(=O)n1C2)COC(=O)C3(O)CC. The minimum absolute atomic E-state index is 0.0563. The van der Waals surface area contributed by atoms with Crippen LogP contribution in [0.2, 0.25) is 0 Å². The van der Waals surface area contributed by atoms with Crippen molar-refractivity contribution < 1.29 is 39.2 Å². The number of esters is 1. The fourth-order valence-electron chi connectivity index (χ4n) is 8.94. The number of benzene rings is 3. The summed E-state index contributed by atoms with van der Waals surface area (Å²) in [5, 5.41) is 41.6. The molecule has 1 saturated heterocycles. The van der Waals surface area contributed by atoms with Gasteiger partial charge in [0.1, 0.15) is 29.7 Å². The molecule has 0 spiro atoms. The van der Waals surface area contributed by atoms with E-state index in [0.717, 1.165) is 52.3 Å². The highest BCUT2D eigenvalue weighted by molar-refractivity contribution is 6.22. The number of fused-ring (bicyclic) bond motifs is 5. The Morgan fingerprint density at radius 2 is 1.74 bits per heavy atom. The maximum absolute atomic E-state index is 13.7. The molecule has 3 amide bonds. The number of carbonyl (C=O) groups is 3. The van der Waals surface area contributed by atoms with Crippen molar-refractivity contribution in [3.05, 3.63) is 110 Å². The molecular weight excluding hydrogens is 781 g/mol. The smallest absolute Gasteiger partial charge is 0.415 e. The molecule has 0 bridgehead atoms. The van der Waals surface area contributed by atoms with Crippen molar-refractivity contribution in [1.82, 2.24) is 14.5 Å². The first-order valence-electron chi connectivity index (χ1n) is 20.6. The largest absolute Gasteiger partial charge is 0.508 e. The van der Waals surface area contributed by atoms with E-state index in [0.29, 0.717) is 53.4 Å². The van der Waals surface area contributed by atoms with E-state index in [9.17, 15) is 34.5 Å². The number of phenolic OH excluding ortho intramolecular Hbond substituents is 2. The van der Waals surface area contributed by atoms with E-state index < -0.39 is 23.7 Å². The van der Waals surface area contributed by atoms with Crippen LogP contribution < -0.4 is 20.9 Å². The molecule has 5 aromatic rings. The average molecular weight is 829 g/mol. The zero-order valence-corrected chi connectivity index (χ0v) is 34.4. The van der Waals surface area contributed by atoms with Gasteiger partial charge in [0.05, 0.1) is 40.3 Å². The fourth-order valence-corrected chi connectivity index (χ4v) is 8.94. The third kappa shape index (κ3) is 7.11. The number of aromatic hydroxyl groups is 2. The first kappa shape index (κ1) is 41.0. The van der Waals surface area contributed by atoms with Crippen LogP contribution >= 0.6 is 0 Å². The monoisotopic (exact) mass is 828 g/mol. The number of nitrogens with two attached hydrogens (primary N) is 1. The Balaban J connectivity index is 0.924. The molecule has 5 heterocycles. The van der Waals surface area contributed by atoms with E-state index in [4.69, 9.17) is 25.6 Å². The van der Waals surface area contributed by atoms with Crippen molar-refractivity contribution in [2.75, 3.05) is 18.0 Å². The molecule has 3 aliphatic rings. The van der Waals surface area contributed by atoms with E-state index >= 15 is 0 Å². The number of aliphatic hydroxyl groups is 1. The Kier molecular flexibility index (Phi) is 10.6. The summed E-state index contributed by atoms with van der Waals surface area (Å²) in [6.45, 7) is 8.50. The summed E-state index contributed by atoms with van der Waals surface area (Å²) in [4.78, 5) is 59.9. The highest BCUT2D eigenvalue weighted by Crippen LogP contribution is 2.41. The number of nitrogens with one attached hydrogen (secondary N) is 1. The van der Waals surface area contributed by atoms with Crippen LogP contribution in [0.3, 0.4) is 0 Å². The second-order valence-electron chi connectivity index (χ2n) is 16.3. The van der Waals surface area contributed by atoms with Crippen LogP contribution in [0, 0.1) is 11.3 Å². The Labute approximate surface area is 351 Å². The lowest BCUT2D eigenvalue weighted by atomic mass is 9.86. The van der Waals surface area contributed by atoms with E-state index in [1.807, 2.05) is 39.0 Å². The number of phenols is 2. The number of amidine groups is 1. The standard InChI is InChI=1S/C46H48N6O9/c1-5-29-31-18-28(11-12-36(31)49-40-33(29)22-51-37(40)20-35-34(42(51)55)23-60-43(56)46(35,59)6-2)61-45(58)50-15-13-26(14-16-50)17-25-7-9-27(10-8-25)52(44(48)57)41(47)32-19-30(24(3)4)38(53)21-39(32)54/h7-12,18-21,24,26,47,53-54,59H,5-6,13-17,22-23H2,1-4H3,(H2,48,57). The lowest BCUT2D eigenvalue weighted by molar-refractivity contribution is -0.172. The number of ether oxygens (including phenoxy) is 2. The Bertz CT molecular complexity index is 2700. The van der Waals surface area contributed by atoms with E-state index in [-0.39, 0.29) is 71.0 Å². The van der Waals surface area contributed by atoms with E-state index in [1.54, 1.807) is 46.7 Å². The number of rotatable bonds is 8. The van der Waals surface area contributed by atoms with Gasteiger partial charge in [-0.05, 0) is 103 Å². The minimum Gasteiger partial charge on any atom is -0.508 e. The zero-order valence-electron chi connectivity index (χ0n) is 34.4. The van der Waals surface area contributed by atoms with Crippen LogP contribution in [-0.2, 0) is 41.1 Å². The number of urea groups is 1. The van der Waals surface area contributed by atoms with Crippen molar-refractivity contribution in [3.8, 4) is 28.6 Å². The normalized spacial score (nSPS) is 17.1. The average Bonchev–Trinajstić information content (AvgIpc) is 3.60. The molecule has 0 saturated carbocycles. The van der Waals surface area contributed by atoms with Gasteiger partial charge >= 0.3 is 18.1 Å². The Morgan fingerprint density at radius 3 is 2.39 bits per heavy atom. The van der Waals surface area contributed by atoms with Crippen molar-refractivity contribution in [2.24, 2.45) is 11.7 Å². The maximum Gasteiger partial charge on any atom is 0.415 e. The van der Waals surface area contributed by atoms with Gasteiger partial charge in [0, 0.05) is 35.7 Å². The molecule has 3 aromatic carbocycles. The summed E-state index contributed by atoms with van der Waals surface area (Å²) < 4.78 is 12.7. The molecule has 2 aromatic heterocycles. The predicted molar refractivity (Wildman–Crippen MR) is 227 cm³/mol. The minimum atomic E-state index is -1.91. The van der Waals surface area contributed by atoms with E-state index in [2.05, 4.69) is 0 Å². The molecule has 0 radical (unpaired) electrons. The number of primary amides is 1. The second kappa shape index (κ2) is 15.7. The lowest BCUT2D eigenvalue weighted by Gasteiger charge is -2.31. The Morgan fingerprint density at radius 1 is 1.02 bits per heavy atom. The summed E-state index contributed by atoms with van der Waals surface area (Å²) in [7, 11) is 0. The molecular formula is C46H48N6O9. The topological polar surface area (TPSA) is 222 Å². The van der Waals surface area contributed by atoms with Crippen LogP contribution in [0.5, 0.6) is 17.2 Å². The molecule has 8 rings (SSSR count). The van der Waals surface area contributed by atoms with Crippen molar-refractivity contribution in [3.63, 3.8) is 0 Å².